The second-order valence-electron chi connectivity index (χ2n) is 5.20. The summed E-state index contributed by atoms with van der Waals surface area (Å²) in [4.78, 5) is 13.0. The molecule has 1 aromatic carbocycles. The maximum atomic E-state index is 11.7. The van der Waals surface area contributed by atoms with Crippen LogP contribution in [-0.4, -0.2) is 19.1 Å². The summed E-state index contributed by atoms with van der Waals surface area (Å²) in [6, 6.07) is 12.0. The Hall–Kier alpha value is -1.81. The summed E-state index contributed by atoms with van der Waals surface area (Å²) < 4.78 is 5.54. The number of hydrogen-bond donors (Lipinski definition) is 1. The first-order valence-corrected chi connectivity index (χ1v) is 8.05. The van der Waals surface area contributed by atoms with Gasteiger partial charge in [-0.15, -0.1) is 11.3 Å². The largest absolute Gasteiger partial charge is 0.484 e. The van der Waals surface area contributed by atoms with Crippen LogP contribution in [0.2, 0.25) is 0 Å². The summed E-state index contributed by atoms with van der Waals surface area (Å²) >= 11 is 1.71. The highest BCUT2D eigenvalue weighted by Gasteiger charge is 2.05. The van der Waals surface area contributed by atoms with Gasteiger partial charge in [0.1, 0.15) is 5.75 Å². The van der Waals surface area contributed by atoms with Crippen molar-refractivity contribution in [2.24, 2.45) is 0 Å². The summed E-state index contributed by atoms with van der Waals surface area (Å²) in [7, 11) is 0. The van der Waals surface area contributed by atoms with E-state index in [1.54, 1.807) is 11.3 Å². The molecule has 0 fully saturated rings. The maximum Gasteiger partial charge on any atom is 0.257 e. The molecule has 1 N–H and O–H groups in total. The first kappa shape index (κ1) is 15.6. The van der Waals surface area contributed by atoms with Crippen molar-refractivity contribution in [3.8, 4) is 5.75 Å². The Morgan fingerprint density at radius 1 is 1.29 bits per heavy atom. The normalized spacial score (nSPS) is 10.6. The Bertz CT molecular complexity index is 564. The standard InChI is InChI=1S/C17H21NO2S/c1-13(2)14-5-3-6-15(11-14)20-12-17(19)18-9-8-16-7-4-10-21-16/h3-7,10-11,13H,8-9,12H2,1-2H3,(H,18,19). The van der Waals surface area contributed by atoms with Gasteiger partial charge in [-0.05, 0) is 41.5 Å². The van der Waals surface area contributed by atoms with E-state index in [1.165, 1.54) is 10.4 Å². The Morgan fingerprint density at radius 3 is 2.86 bits per heavy atom. The molecule has 0 saturated heterocycles. The molecule has 0 saturated carbocycles. The van der Waals surface area contributed by atoms with Crippen LogP contribution in [0.1, 0.15) is 30.2 Å². The predicted octanol–water partition coefficient (Wildman–Crippen LogP) is 3.61. The minimum absolute atomic E-state index is 0.0615. The Labute approximate surface area is 130 Å². The SMILES string of the molecule is CC(C)c1cccc(OCC(=O)NCCc2cccs2)c1. The van der Waals surface area contributed by atoms with E-state index in [9.17, 15) is 4.79 Å². The lowest BCUT2D eigenvalue weighted by Crippen LogP contribution is -2.30. The van der Waals surface area contributed by atoms with E-state index < -0.39 is 0 Å². The van der Waals surface area contributed by atoms with Crippen LogP contribution in [-0.2, 0) is 11.2 Å². The highest BCUT2D eigenvalue weighted by molar-refractivity contribution is 7.09. The molecule has 0 spiro atoms. The highest BCUT2D eigenvalue weighted by Crippen LogP contribution is 2.19. The van der Waals surface area contributed by atoms with E-state index in [0.29, 0.717) is 12.5 Å². The average Bonchev–Trinajstić information content (AvgIpc) is 2.99. The van der Waals surface area contributed by atoms with Crippen molar-refractivity contribution < 1.29 is 9.53 Å². The Kier molecular flexibility index (Phi) is 5.81. The van der Waals surface area contributed by atoms with Crippen LogP contribution in [0.4, 0.5) is 0 Å². The number of carbonyl (C=O) groups is 1. The zero-order valence-corrected chi connectivity index (χ0v) is 13.3. The molecule has 0 aliphatic carbocycles. The van der Waals surface area contributed by atoms with E-state index in [1.807, 2.05) is 29.6 Å². The Balaban J connectivity index is 1.72. The van der Waals surface area contributed by atoms with Crippen LogP contribution in [0.25, 0.3) is 0 Å². The molecule has 0 unspecified atom stereocenters. The molecule has 1 heterocycles. The molecule has 0 bridgehead atoms. The number of nitrogens with one attached hydrogen (secondary N) is 1. The van der Waals surface area contributed by atoms with Crippen molar-refractivity contribution in [3.63, 3.8) is 0 Å². The van der Waals surface area contributed by atoms with Gasteiger partial charge < -0.3 is 10.1 Å². The molecule has 0 aliphatic rings. The van der Waals surface area contributed by atoms with Gasteiger partial charge in [-0.3, -0.25) is 4.79 Å². The molecule has 0 radical (unpaired) electrons. The van der Waals surface area contributed by atoms with Crippen molar-refractivity contribution in [2.45, 2.75) is 26.2 Å². The zero-order chi connectivity index (χ0) is 15.1. The molecular weight excluding hydrogens is 282 g/mol. The third-order valence-electron chi connectivity index (χ3n) is 3.17. The Morgan fingerprint density at radius 2 is 2.14 bits per heavy atom. The summed E-state index contributed by atoms with van der Waals surface area (Å²) in [6.07, 6.45) is 0.867. The van der Waals surface area contributed by atoms with Gasteiger partial charge in [-0.25, -0.2) is 0 Å². The van der Waals surface area contributed by atoms with E-state index in [2.05, 4.69) is 31.3 Å². The summed E-state index contributed by atoms with van der Waals surface area (Å²) in [5.74, 6) is 1.12. The lowest BCUT2D eigenvalue weighted by molar-refractivity contribution is -0.123. The van der Waals surface area contributed by atoms with Crippen molar-refractivity contribution in [1.29, 1.82) is 0 Å². The van der Waals surface area contributed by atoms with Crippen LogP contribution in [0.5, 0.6) is 5.75 Å². The van der Waals surface area contributed by atoms with Crippen molar-refractivity contribution in [1.82, 2.24) is 5.32 Å². The van der Waals surface area contributed by atoms with E-state index >= 15 is 0 Å². The first-order valence-electron chi connectivity index (χ1n) is 7.17. The van der Waals surface area contributed by atoms with E-state index in [0.717, 1.165) is 12.2 Å². The fourth-order valence-electron chi connectivity index (χ4n) is 1.94. The second kappa shape index (κ2) is 7.84. The molecule has 0 atom stereocenters. The summed E-state index contributed by atoms with van der Waals surface area (Å²) in [5.41, 5.74) is 1.21. The van der Waals surface area contributed by atoms with Crippen LogP contribution in [0, 0.1) is 0 Å². The van der Waals surface area contributed by atoms with Gasteiger partial charge in [0.2, 0.25) is 0 Å². The number of amides is 1. The van der Waals surface area contributed by atoms with Gasteiger partial charge in [0.15, 0.2) is 6.61 Å². The lowest BCUT2D eigenvalue weighted by atomic mass is 10.0. The van der Waals surface area contributed by atoms with E-state index in [-0.39, 0.29) is 12.5 Å². The summed E-state index contributed by atoms with van der Waals surface area (Å²) in [5, 5.41) is 4.91. The number of ether oxygens (including phenoxy) is 1. The smallest absolute Gasteiger partial charge is 0.257 e. The van der Waals surface area contributed by atoms with Crippen molar-refractivity contribution >= 4 is 17.2 Å². The van der Waals surface area contributed by atoms with E-state index in [4.69, 9.17) is 4.74 Å². The fraction of sp³-hybridized carbons (Fsp3) is 0.353. The molecule has 112 valence electrons. The minimum Gasteiger partial charge on any atom is -0.484 e. The van der Waals surface area contributed by atoms with Crippen LogP contribution >= 0.6 is 11.3 Å². The lowest BCUT2D eigenvalue weighted by Gasteiger charge is -2.10. The molecule has 3 nitrogen and oxygen atoms in total. The molecule has 4 heteroatoms. The monoisotopic (exact) mass is 303 g/mol. The number of rotatable bonds is 7. The number of benzene rings is 1. The van der Waals surface area contributed by atoms with Gasteiger partial charge in [-0.1, -0.05) is 32.0 Å². The number of hydrogen-bond acceptors (Lipinski definition) is 3. The fourth-order valence-corrected chi connectivity index (χ4v) is 2.65. The van der Waals surface area contributed by atoms with Gasteiger partial charge >= 0.3 is 0 Å². The average molecular weight is 303 g/mol. The molecule has 0 aliphatic heterocycles. The molecule has 1 amide bonds. The van der Waals surface area contributed by atoms with Gasteiger partial charge in [0.25, 0.3) is 5.91 Å². The highest BCUT2D eigenvalue weighted by atomic mass is 32.1. The molecular formula is C17H21NO2S. The quantitative estimate of drug-likeness (QED) is 0.848. The van der Waals surface area contributed by atoms with Crippen LogP contribution in [0.15, 0.2) is 41.8 Å². The molecule has 2 aromatic rings. The van der Waals surface area contributed by atoms with Gasteiger partial charge in [-0.2, -0.15) is 0 Å². The molecule has 21 heavy (non-hydrogen) atoms. The minimum atomic E-state index is -0.0819. The van der Waals surface area contributed by atoms with Crippen molar-refractivity contribution in [3.05, 3.63) is 52.2 Å². The van der Waals surface area contributed by atoms with Crippen LogP contribution in [0.3, 0.4) is 0 Å². The maximum absolute atomic E-state index is 11.7. The molecule has 1 aromatic heterocycles. The third kappa shape index (κ3) is 5.23. The second-order valence-corrected chi connectivity index (χ2v) is 6.23. The number of carbonyl (C=O) groups excluding carboxylic acids is 1. The molecule has 2 rings (SSSR count). The zero-order valence-electron chi connectivity index (χ0n) is 12.5. The predicted molar refractivity (Wildman–Crippen MR) is 87.1 cm³/mol. The van der Waals surface area contributed by atoms with Crippen molar-refractivity contribution in [2.75, 3.05) is 13.2 Å². The third-order valence-corrected chi connectivity index (χ3v) is 4.10. The number of thiophene rings is 1. The summed E-state index contributed by atoms with van der Waals surface area (Å²) in [6.45, 7) is 4.98. The topological polar surface area (TPSA) is 38.3 Å². The van der Waals surface area contributed by atoms with Crippen LogP contribution < -0.4 is 10.1 Å². The van der Waals surface area contributed by atoms with Gasteiger partial charge in [0.05, 0.1) is 0 Å². The first-order chi connectivity index (χ1) is 10.1. The van der Waals surface area contributed by atoms with Gasteiger partial charge in [0, 0.05) is 11.4 Å².